The molecule has 0 spiro atoms. The quantitative estimate of drug-likeness (QED) is 0.571. The molecule has 0 saturated heterocycles. The maximum atomic E-state index is 12.6. The van der Waals surface area contributed by atoms with Crippen LogP contribution < -0.4 is 5.32 Å². The number of guanidine groups is 1. The van der Waals surface area contributed by atoms with E-state index in [1.807, 2.05) is 38.2 Å². The van der Waals surface area contributed by atoms with Crippen LogP contribution in [0.5, 0.6) is 0 Å². The van der Waals surface area contributed by atoms with Crippen LogP contribution in [-0.2, 0) is 23.1 Å². The second-order valence-corrected chi connectivity index (χ2v) is 8.97. The molecular formula is C21H30N4O2S. The molecule has 0 radical (unpaired) electrons. The highest BCUT2D eigenvalue weighted by atomic mass is 32.2. The molecule has 0 unspecified atom stereocenters. The van der Waals surface area contributed by atoms with E-state index in [9.17, 15) is 8.42 Å². The fourth-order valence-electron chi connectivity index (χ4n) is 2.83. The van der Waals surface area contributed by atoms with Crippen molar-refractivity contribution in [2.75, 3.05) is 27.7 Å². The van der Waals surface area contributed by atoms with Crippen molar-refractivity contribution in [3.05, 3.63) is 65.2 Å². The Morgan fingerprint density at radius 1 is 1.00 bits per heavy atom. The summed E-state index contributed by atoms with van der Waals surface area (Å²) in [4.78, 5) is 7.03. The first kappa shape index (κ1) is 21.9. The van der Waals surface area contributed by atoms with Crippen LogP contribution in [0.1, 0.15) is 23.6 Å². The summed E-state index contributed by atoms with van der Waals surface area (Å²) in [6.45, 7) is 5.84. The van der Waals surface area contributed by atoms with Crippen molar-refractivity contribution in [3.8, 4) is 0 Å². The first-order valence-electron chi connectivity index (χ1n) is 9.31. The summed E-state index contributed by atoms with van der Waals surface area (Å²) in [5.41, 5.74) is 3.13. The molecule has 7 heteroatoms. The molecule has 152 valence electrons. The summed E-state index contributed by atoms with van der Waals surface area (Å²) in [6.07, 6.45) is 0. The monoisotopic (exact) mass is 402 g/mol. The molecule has 0 bridgehead atoms. The molecule has 6 nitrogen and oxygen atoms in total. The second kappa shape index (κ2) is 9.71. The molecule has 2 rings (SSSR count). The van der Waals surface area contributed by atoms with E-state index in [2.05, 4.69) is 29.3 Å². The van der Waals surface area contributed by atoms with E-state index in [0.29, 0.717) is 10.5 Å². The highest BCUT2D eigenvalue weighted by Crippen LogP contribution is 2.19. The van der Waals surface area contributed by atoms with Crippen molar-refractivity contribution in [2.24, 2.45) is 4.99 Å². The minimum absolute atomic E-state index is 0.281. The summed E-state index contributed by atoms with van der Waals surface area (Å²) in [5, 5.41) is 3.29. The summed E-state index contributed by atoms with van der Waals surface area (Å²) in [6, 6.07) is 15.3. The lowest BCUT2D eigenvalue weighted by Crippen LogP contribution is -2.38. The van der Waals surface area contributed by atoms with Gasteiger partial charge < -0.3 is 10.2 Å². The number of nitrogens with zero attached hydrogens (tertiary/aromatic N) is 3. The lowest BCUT2D eigenvalue weighted by molar-refractivity contribution is 0.475. The van der Waals surface area contributed by atoms with Crippen LogP contribution in [0.3, 0.4) is 0 Å². The molecule has 0 atom stereocenters. The van der Waals surface area contributed by atoms with Gasteiger partial charge in [-0.25, -0.2) is 17.7 Å². The Morgan fingerprint density at radius 2 is 1.61 bits per heavy atom. The van der Waals surface area contributed by atoms with Gasteiger partial charge in [0.2, 0.25) is 10.0 Å². The number of rotatable bonds is 7. The first-order valence-corrected chi connectivity index (χ1v) is 10.8. The van der Waals surface area contributed by atoms with E-state index in [1.165, 1.54) is 29.5 Å². The van der Waals surface area contributed by atoms with Gasteiger partial charge in [0, 0.05) is 34.2 Å². The number of hydrogen-bond acceptors (Lipinski definition) is 3. The van der Waals surface area contributed by atoms with Gasteiger partial charge in [0.25, 0.3) is 0 Å². The Hall–Kier alpha value is -2.38. The number of nitrogens with one attached hydrogen (secondary N) is 1. The molecule has 0 aliphatic carbocycles. The predicted molar refractivity (Wildman–Crippen MR) is 115 cm³/mol. The van der Waals surface area contributed by atoms with Gasteiger partial charge in [-0.05, 0) is 36.6 Å². The molecular weight excluding hydrogens is 372 g/mol. The number of aryl methyl sites for hydroxylation is 1. The number of benzene rings is 2. The van der Waals surface area contributed by atoms with Gasteiger partial charge in [-0.15, -0.1) is 0 Å². The summed E-state index contributed by atoms with van der Waals surface area (Å²) >= 11 is 0. The maximum Gasteiger partial charge on any atom is 0.242 e. The minimum Gasteiger partial charge on any atom is -0.357 e. The van der Waals surface area contributed by atoms with Gasteiger partial charge >= 0.3 is 0 Å². The number of hydrogen-bond donors (Lipinski definition) is 1. The van der Waals surface area contributed by atoms with Gasteiger partial charge in [0.15, 0.2) is 5.96 Å². The molecule has 0 heterocycles. The predicted octanol–water partition coefficient (Wildman–Crippen LogP) is 2.84. The number of sulfonamides is 1. The third-order valence-electron chi connectivity index (χ3n) is 4.50. The van der Waals surface area contributed by atoms with Gasteiger partial charge in [0.05, 0.1) is 11.4 Å². The maximum absolute atomic E-state index is 12.6. The molecule has 0 saturated carbocycles. The van der Waals surface area contributed by atoms with Crippen LogP contribution in [0.25, 0.3) is 0 Å². The molecule has 0 fully saturated rings. The van der Waals surface area contributed by atoms with Crippen LogP contribution in [-0.4, -0.2) is 51.3 Å². The smallest absolute Gasteiger partial charge is 0.242 e. The van der Waals surface area contributed by atoms with Crippen LogP contribution in [0.15, 0.2) is 58.4 Å². The average Bonchev–Trinajstić information content (AvgIpc) is 2.67. The summed E-state index contributed by atoms with van der Waals surface area (Å²) < 4.78 is 26.4. The lowest BCUT2D eigenvalue weighted by Gasteiger charge is -2.23. The minimum atomic E-state index is -3.51. The van der Waals surface area contributed by atoms with Crippen LogP contribution in [0, 0.1) is 6.92 Å². The molecule has 0 amide bonds. The van der Waals surface area contributed by atoms with Crippen LogP contribution >= 0.6 is 0 Å². The van der Waals surface area contributed by atoms with E-state index in [0.717, 1.165) is 19.0 Å². The zero-order valence-electron chi connectivity index (χ0n) is 17.3. The second-order valence-electron chi connectivity index (χ2n) is 6.85. The van der Waals surface area contributed by atoms with E-state index >= 15 is 0 Å². The van der Waals surface area contributed by atoms with Crippen molar-refractivity contribution in [2.45, 2.75) is 31.8 Å². The first-order chi connectivity index (χ1) is 13.3. The standard InChI is InChI=1S/C21H30N4O2S/c1-6-22-21(25(5)16-19-13-8-7-11-17(19)2)23-15-18-12-9-10-14-20(18)28(26,27)24(3)4/h7-14H,6,15-16H2,1-5H3,(H,22,23). The van der Waals surface area contributed by atoms with Crippen molar-refractivity contribution in [1.82, 2.24) is 14.5 Å². The number of aliphatic imine (C=N–C) groups is 1. The zero-order valence-corrected chi connectivity index (χ0v) is 18.1. The Bertz CT molecular complexity index is 924. The van der Waals surface area contributed by atoms with E-state index in [1.54, 1.807) is 12.1 Å². The molecule has 28 heavy (non-hydrogen) atoms. The Kier molecular flexibility index (Phi) is 7.60. The van der Waals surface area contributed by atoms with Gasteiger partial charge in [-0.2, -0.15) is 0 Å². The van der Waals surface area contributed by atoms with Gasteiger partial charge in [-0.1, -0.05) is 42.5 Å². The molecule has 0 aromatic heterocycles. The van der Waals surface area contributed by atoms with Gasteiger partial charge in [-0.3, -0.25) is 0 Å². The largest absolute Gasteiger partial charge is 0.357 e. The molecule has 1 N–H and O–H groups in total. The van der Waals surface area contributed by atoms with E-state index < -0.39 is 10.0 Å². The van der Waals surface area contributed by atoms with E-state index in [-0.39, 0.29) is 6.54 Å². The molecule has 0 aliphatic rings. The third-order valence-corrected chi connectivity index (χ3v) is 6.41. The highest BCUT2D eigenvalue weighted by Gasteiger charge is 2.20. The van der Waals surface area contributed by atoms with Crippen molar-refractivity contribution in [3.63, 3.8) is 0 Å². The van der Waals surface area contributed by atoms with E-state index in [4.69, 9.17) is 4.99 Å². The highest BCUT2D eigenvalue weighted by molar-refractivity contribution is 7.89. The third kappa shape index (κ3) is 5.33. The Balaban J connectivity index is 2.27. The zero-order chi connectivity index (χ0) is 20.7. The fourth-order valence-corrected chi connectivity index (χ4v) is 3.94. The normalized spacial score (nSPS) is 12.3. The SMILES string of the molecule is CCNC(=NCc1ccccc1S(=O)(=O)N(C)C)N(C)Cc1ccccc1C. The lowest BCUT2D eigenvalue weighted by atomic mass is 10.1. The average molecular weight is 403 g/mol. The van der Waals surface area contributed by atoms with Crippen LogP contribution in [0.4, 0.5) is 0 Å². The summed E-state index contributed by atoms with van der Waals surface area (Å²) in [5.74, 6) is 0.739. The van der Waals surface area contributed by atoms with Crippen molar-refractivity contribution in [1.29, 1.82) is 0 Å². The van der Waals surface area contributed by atoms with Crippen molar-refractivity contribution >= 4 is 16.0 Å². The van der Waals surface area contributed by atoms with Gasteiger partial charge in [0.1, 0.15) is 0 Å². The topological polar surface area (TPSA) is 65.0 Å². The molecule has 2 aromatic carbocycles. The molecule has 2 aromatic rings. The Morgan fingerprint density at radius 3 is 2.21 bits per heavy atom. The Labute approximate surface area is 168 Å². The summed E-state index contributed by atoms with van der Waals surface area (Å²) in [7, 11) is 1.54. The van der Waals surface area contributed by atoms with Crippen LogP contribution in [0.2, 0.25) is 0 Å². The van der Waals surface area contributed by atoms with Crippen molar-refractivity contribution < 1.29 is 8.42 Å². The fraction of sp³-hybridized carbons (Fsp3) is 0.381. The molecule has 0 aliphatic heterocycles.